The molecule has 0 heterocycles. The molecule has 1 heteroatoms. The van der Waals surface area contributed by atoms with Gasteiger partial charge in [0.1, 0.15) is 0 Å². The van der Waals surface area contributed by atoms with Gasteiger partial charge in [0, 0.05) is 6.04 Å². The summed E-state index contributed by atoms with van der Waals surface area (Å²) in [7, 11) is 2.06. The van der Waals surface area contributed by atoms with Crippen LogP contribution in [0.3, 0.4) is 0 Å². The summed E-state index contributed by atoms with van der Waals surface area (Å²) in [4.78, 5) is 0. The minimum Gasteiger partial charge on any atom is -0.313 e. The zero-order valence-electron chi connectivity index (χ0n) is 12.2. The summed E-state index contributed by atoms with van der Waals surface area (Å²) in [5, 5.41) is 3.45. The average Bonchev–Trinajstić information content (AvgIpc) is 2.19. The molecule has 0 spiro atoms. The molecule has 0 aliphatic carbocycles. The van der Waals surface area contributed by atoms with E-state index in [-0.39, 0.29) is 0 Å². The van der Waals surface area contributed by atoms with Crippen molar-refractivity contribution in [2.75, 3.05) is 7.05 Å². The van der Waals surface area contributed by atoms with Gasteiger partial charge >= 0.3 is 0 Å². The Balaban J connectivity index is 2.79. The summed E-state index contributed by atoms with van der Waals surface area (Å²) in [5.41, 5.74) is 4.60. The van der Waals surface area contributed by atoms with Crippen molar-refractivity contribution in [2.24, 2.45) is 5.41 Å². The maximum Gasteiger partial charge on any atom is 0.0320 e. The molecule has 0 aliphatic rings. The molecule has 0 saturated carbocycles. The first-order chi connectivity index (χ1) is 7.83. The van der Waals surface area contributed by atoms with Crippen LogP contribution in [0.2, 0.25) is 0 Å². The fourth-order valence-corrected chi connectivity index (χ4v) is 2.25. The normalized spacial score (nSPS) is 13.8. The Labute approximate surface area is 107 Å². The third-order valence-electron chi connectivity index (χ3n) is 3.33. The average molecular weight is 233 g/mol. The maximum atomic E-state index is 3.45. The standard InChI is InChI=1S/C16H27N/c1-12-7-8-14(13(2)11-12)15(17-6)9-10-16(3,4)5/h7-8,11,15,17H,9-10H2,1-6H3. The number of hydrogen-bond donors (Lipinski definition) is 1. The molecule has 0 fully saturated rings. The first-order valence-electron chi connectivity index (χ1n) is 6.58. The van der Waals surface area contributed by atoms with Crippen LogP contribution in [0.25, 0.3) is 0 Å². The number of rotatable bonds is 4. The molecule has 1 aromatic carbocycles. The van der Waals surface area contributed by atoms with Crippen LogP contribution < -0.4 is 5.32 Å². The Morgan fingerprint density at radius 1 is 1.18 bits per heavy atom. The topological polar surface area (TPSA) is 12.0 Å². The predicted molar refractivity (Wildman–Crippen MR) is 76.4 cm³/mol. The molecular formula is C16H27N. The third-order valence-corrected chi connectivity index (χ3v) is 3.33. The van der Waals surface area contributed by atoms with E-state index in [2.05, 4.69) is 65.2 Å². The summed E-state index contributed by atoms with van der Waals surface area (Å²) in [6.45, 7) is 11.3. The lowest BCUT2D eigenvalue weighted by atomic mass is 9.86. The largest absolute Gasteiger partial charge is 0.313 e. The highest BCUT2D eigenvalue weighted by Crippen LogP contribution is 2.28. The summed E-state index contributed by atoms with van der Waals surface area (Å²) in [5.74, 6) is 0. The Morgan fingerprint density at radius 3 is 2.29 bits per heavy atom. The van der Waals surface area contributed by atoms with E-state index in [9.17, 15) is 0 Å². The number of benzene rings is 1. The molecule has 1 N–H and O–H groups in total. The molecule has 0 aromatic heterocycles. The van der Waals surface area contributed by atoms with Crippen LogP contribution in [0.15, 0.2) is 18.2 Å². The second-order valence-electron chi connectivity index (χ2n) is 6.30. The highest BCUT2D eigenvalue weighted by Gasteiger charge is 2.16. The van der Waals surface area contributed by atoms with E-state index in [0.29, 0.717) is 11.5 Å². The molecule has 1 aromatic rings. The van der Waals surface area contributed by atoms with Crippen molar-refractivity contribution < 1.29 is 0 Å². The van der Waals surface area contributed by atoms with Gasteiger partial charge in [-0.2, -0.15) is 0 Å². The maximum absolute atomic E-state index is 3.45. The van der Waals surface area contributed by atoms with Crippen LogP contribution in [-0.2, 0) is 0 Å². The van der Waals surface area contributed by atoms with Gasteiger partial charge < -0.3 is 5.32 Å². The van der Waals surface area contributed by atoms with Gasteiger partial charge in [0.2, 0.25) is 0 Å². The summed E-state index contributed by atoms with van der Waals surface area (Å²) in [6.07, 6.45) is 2.44. The van der Waals surface area contributed by atoms with Crippen LogP contribution in [-0.4, -0.2) is 7.05 Å². The molecule has 1 nitrogen and oxygen atoms in total. The Hall–Kier alpha value is -0.820. The zero-order chi connectivity index (χ0) is 13.1. The van der Waals surface area contributed by atoms with Gasteiger partial charge in [-0.15, -0.1) is 0 Å². The van der Waals surface area contributed by atoms with Crippen molar-refractivity contribution in [3.05, 3.63) is 34.9 Å². The van der Waals surface area contributed by atoms with Crippen molar-refractivity contribution in [2.45, 2.75) is 53.5 Å². The predicted octanol–water partition coefficient (Wildman–Crippen LogP) is 4.39. The smallest absolute Gasteiger partial charge is 0.0320 e. The Bertz CT molecular complexity index is 360. The number of nitrogens with one attached hydrogen (secondary N) is 1. The van der Waals surface area contributed by atoms with E-state index in [1.165, 1.54) is 29.5 Å². The Morgan fingerprint density at radius 2 is 1.82 bits per heavy atom. The van der Waals surface area contributed by atoms with Crippen LogP contribution in [0.4, 0.5) is 0 Å². The van der Waals surface area contributed by atoms with E-state index in [1.54, 1.807) is 0 Å². The summed E-state index contributed by atoms with van der Waals surface area (Å²) < 4.78 is 0. The molecule has 17 heavy (non-hydrogen) atoms. The summed E-state index contributed by atoms with van der Waals surface area (Å²) in [6, 6.07) is 7.24. The molecule has 1 atom stereocenters. The van der Waals surface area contributed by atoms with E-state index in [1.807, 2.05) is 0 Å². The molecule has 0 bridgehead atoms. The van der Waals surface area contributed by atoms with Crippen LogP contribution in [0, 0.1) is 19.3 Å². The van der Waals surface area contributed by atoms with Crippen molar-refractivity contribution in [3.8, 4) is 0 Å². The molecule has 0 radical (unpaired) electrons. The second-order valence-corrected chi connectivity index (χ2v) is 6.30. The highest BCUT2D eigenvalue weighted by atomic mass is 14.9. The second kappa shape index (κ2) is 5.68. The lowest BCUT2D eigenvalue weighted by molar-refractivity contribution is 0.337. The van der Waals surface area contributed by atoms with Crippen LogP contribution in [0.5, 0.6) is 0 Å². The van der Waals surface area contributed by atoms with Gasteiger partial charge in [0.25, 0.3) is 0 Å². The lowest BCUT2D eigenvalue weighted by Gasteiger charge is -2.24. The first-order valence-corrected chi connectivity index (χ1v) is 6.58. The quantitative estimate of drug-likeness (QED) is 0.813. The highest BCUT2D eigenvalue weighted by molar-refractivity contribution is 5.32. The molecule has 0 aliphatic heterocycles. The van der Waals surface area contributed by atoms with Gasteiger partial charge in [-0.1, -0.05) is 44.5 Å². The fourth-order valence-electron chi connectivity index (χ4n) is 2.25. The minimum absolute atomic E-state index is 0.410. The minimum atomic E-state index is 0.410. The molecule has 0 saturated heterocycles. The Kier molecular flexibility index (Phi) is 4.76. The summed E-state index contributed by atoms with van der Waals surface area (Å²) >= 11 is 0. The van der Waals surface area contributed by atoms with E-state index >= 15 is 0 Å². The van der Waals surface area contributed by atoms with Gasteiger partial charge in [-0.25, -0.2) is 0 Å². The number of aryl methyl sites for hydroxylation is 2. The van der Waals surface area contributed by atoms with Crippen molar-refractivity contribution in [1.82, 2.24) is 5.32 Å². The van der Waals surface area contributed by atoms with E-state index < -0.39 is 0 Å². The van der Waals surface area contributed by atoms with Crippen LogP contribution in [0.1, 0.15) is 56.3 Å². The van der Waals surface area contributed by atoms with Gasteiger partial charge in [0.05, 0.1) is 0 Å². The van der Waals surface area contributed by atoms with Crippen molar-refractivity contribution in [1.29, 1.82) is 0 Å². The molecule has 1 unspecified atom stereocenters. The molecule has 1 rings (SSSR count). The van der Waals surface area contributed by atoms with Gasteiger partial charge in [0.15, 0.2) is 0 Å². The zero-order valence-corrected chi connectivity index (χ0v) is 12.2. The monoisotopic (exact) mass is 233 g/mol. The third kappa shape index (κ3) is 4.51. The van der Waals surface area contributed by atoms with E-state index in [4.69, 9.17) is 0 Å². The van der Waals surface area contributed by atoms with E-state index in [0.717, 1.165) is 0 Å². The van der Waals surface area contributed by atoms with Gasteiger partial charge in [-0.05, 0) is 50.3 Å². The first kappa shape index (κ1) is 14.2. The lowest BCUT2D eigenvalue weighted by Crippen LogP contribution is -2.19. The fraction of sp³-hybridized carbons (Fsp3) is 0.625. The van der Waals surface area contributed by atoms with Crippen molar-refractivity contribution >= 4 is 0 Å². The van der Waals surface area contributed by atoms with Crippen molar-refractivity contribution in [3.63, 3.8) is 0 Å². The molecule has 0 amide bonds. The molecule has 96 valence electrons. The SMILES string of the molecule is CNC(CCC(C)(C)C)c1ccc(C)cc1C. The molecular weight excluding hydrogens is 206 g/mol. The number of hydrogen-bond acceptors (Lipinski definition) is 1. The van der Waals surface area contributed by atoms with Crippen LogP contribution >= 0.6 is 0 Å². The van der Waals surface area contributed by atoms with Gasteiger partial charge in [-0.3, -0.25) is 0 Å².